The van der Waals surface area contributed by atoms with Crippen molar-refractivity contribution in [3.63, 3.8) is 0 Å². The van der Waals surface area contributed by atoms with Gasteiger partial charge in [0.25, 0.3) is 0 Å². The van der Waals surface area contributed by atoms with Crippen molar-refractivity contribution in [3.8, 4) is 5.75 Å². The number of nitrogens with one attached hydrogen (secondary N) is 1. The highest BCUT2D eigenvalue weighted by molar-refractivity contribution is 7.99. The topological polar surface area (TPSA) is 66.0 Å². The number of Topliss-reactive ketones (excluding diaryl/α,β-unsaturated/α-hetero) is 1. The zero-order valence-corrected chi connectivity index (χ0v) is 19.3. The number of thioether (sulfide) groups is 1. The minimum absolute atomic E-state index is 0.00416. The molecule has 0 bridgehead atoms. The molecule has 0 atom stereocenters. The maximum Gasteiger partial charge on any atom is 0.173 e. The van der Waals surface area contributed by atoms with Gasteiger partial charge in [-0.1, -0.05) is 64.9 Å². The standard InChI is InChI=1S/C23H27ClN2O2S/c1-22(2,3)15-9-13(10-16(20(15)28)23(4,5)6)19(27)12-29-21-25-17-8-7-14(24)11-18(17)26-21/h7-11,28H,12H2,1-6H3,(H,25,26). The second-order valence-corrected chi connectivity index (χ2v) is 10.7. The molecular weight excluding hydrogens is 404 g/mol. The zero-order valence-electron chi connectivity index (χ0n) is 17.7. The average Bonchev–Trinajstić information content (AvgIpc) is 2.99. The number of carbonyl (C=O) groups excluding carboxylic acids is 1. The number of ketones is 1. The van der Waals surface area contributed by atoms with Crippen LogP contribution in [-0.4, -0.2) is 26.6 Å². The van der Waals surface area contributed by atoms with Crippen LogP contribution in [0.5, 0.6) is 5.75 Å². The molecule has 29 heavy (non-hydrogen) atoms. The first kappa shape index (κ1) is 21.7. The highest BCUT2D eigenvalue weighted by atomic mass is 35.5. The van der Waals surface area contributed by atoms with Crippen molar-refractivity contribution in [2.24, 2.45) is 0 Å². The number of phenols is 1. The number of H-pyrrole nitrogens is 1. The molecule has 4 nitrogen and oxygen atoms in total. The summed E-state index contributed by atoms with van der Waals surface area (Å²) in [7, 11) is 0. The van der Waals surface area contributed by atoms with E-state index in [0.717, 1.165) is 22.2 Å². The Balaban J connectivity index is 1.89. The maximum absolute atomic E-state index is 13.0. The summed E-state index contributed by atoms with van der Waals surface area (Å²) in [5.41, 5.74) is 3.32. The predicted octanol–water partition coefficient (Wildman–Crippen LogP) is 6.49. The van der Waals surface area contributed by atoms with E-state index >= 15 is 0 Å². The van der Waals surface area contributed by atoms with Crippen molar-refractivity contribution in [2.45, 2.75) is 57.5 Å². The molecule has 0 amide bonds. The van der Waals surface area contributed by atoms with Crippen molar-refractivity contribution >= 4 is 40.2 Å². The summed E-state index contributed by atoms with van der Waals surface area (Å²) >= 11 is 7.39. The third-order valence-electron chi connectivity index (χ3n) is 4.81. The summed E-state index contributed by atoms with van der Waals surface area (Å²) in [4.78, 5) is 20.7. The molecule has 0 spiro atoms. The van der Waals surface area contributed by atoms with E-state index in [9.17, 15) is 9.90 Å². The SMILES string of the molecule is CC(C)(C)c1cc(C(=O)CSc2nc3ccc(Cl)cc3[nH]2)cc(C(C)(C)C)c1O. The van der Waals surface area contributed by atoms with Gasteiger partial charge in [-0.15, -0.1) is 0 Å². The lowest BCUT2D eigenvalue weighted by Gasteiger charge is -2.28. The molecule has 2 N–H and O–H groups in total. The van der Waals surface area contributed by atoms with E-state index in [4.69, 9.17) is 11.6 Å². The van der Waals surface area contributed by atoms with Crippen LogP contribution in [-0.2, 0) is 10.8 Å². The molecule has 3 rings (SSSR count). The molecule has 0 saturated heterocycles. The first-order valence-electron chi connectivity index (χ1n) is 9.55. The van der Waals surface area contributed by atoms with Gasteiger partial charge < -0.3 is 10.1 Å². The highest BCUT2D eigenvalue weighted by Crippen LogP contribution is 2.40. The minimum Gasteiger partial charge on any atom is -0.507 e. The molecule has 3 aromatic rings. The van der Waals surface area contributed by atoms with Crippen molar-refractivity contribution in [1.82, 2.24) is 9.97 Å². The molecule has 0 aliphatic heterocycles. The van der Waals surface area contributed by atoms with E-state index in [2.05, 4.69) is 9.97 Å². The van der Waals surface area contributed by atoms with Crippen LogP contribution >= 0.6 is 23.4 Å². The van der Waals surface area contributed by atoms with Crippen LogP contribution in [0.2, 0.25) is 5.02 Å². The van der Waals surface area contributed by atoms with E-state index < -0.39 is 0 Å². The number of nitrogens with zero attached hydrogens (tertiary/aromatic N) is 1. The summed E-state index contributed by atoms with van der Waals surface area (Å²) in [5, 5.41) is 12.2. The zero-order chi connectivity index (χ0) is 21.6. The van der Waals surface area contributed by atoms with Crippen LogP contribution in [0.25, 0.3) is 11.0 Å². The molecule has 0 aliphatic rings. The monoisotopic (exact) mass is 430 g/mol. The number of phenolic OH excluding ortho intramolecular Hbond substituents is 1. The number of hydrogen-bond donors (Lipinski definition) is 2. The molecule has 0 fully saturated rings. The summed E-state index contributed by atoms with van der Waals surface area (Å²) in [6.45, 7) is 12.2. The van der Waals surface area contributed by atoms with Crippen LogP contribution in [0.1, 0.15) is 63.0 Å². The number of rotatable bonds is 4. The molecule has 154 valence electrons. The van der Waals surface area contributed by atoms with Gasteiger partial charge in [-0.05, 0) is 41.2 Å². The van der Waals surface area contributed by atoms with Gasteiger partial charge in [0, 0.05) is 21.7 Å². The second-order valence-electron chi connectivity index (χ2n) is 9.34. The van der Waals surface area contributed by atoms with Crippen LogP contribution in [0.4, 0.5) is 0 Å². The number of halogens is 1. The van der Waals surface area contributed by atoms with Gasteiger partial charge >= 0.3 is 0 Å². The van der Waals surface area contributed by atoms with E-state index in [-0.39, 0.29) is 28.1 Å². The van der Waals surface area contributed by atoms with Gasteiger partial charge in [-0.25, -0.2) is 4.98 Å². The quantitative estimate of drug-likeness (QED) is 0.366. The van der Waals surface area contributed by atoms with Gasteiger partial charge in [0.2, 0.25) is 0 Å². The van der Waals surface area contributed by atoms with Crippen molar-refractivity contribution in [1.29, 1.82) is 0 Å². The van der Waals surface area contributed by atoms with Gasteiger partial charge in [-0.3, -0.25) is 4.79 Å². The second kappa shape index (κ2) is 7.69. The highest BCUT2D eigenvalue weighted by Gasteiger charge is 2.27. The van der Waals surface area contributed by atoms with Gasteiger partial charge in [0.1, 0.15) is 5.75 Å². The predicted molar refractivity (Wildman–Crippen MR) is 122 cm³/mol. The fourth-order valence-corrected chi connectivity index (χ4v) is 4.13. The van der Waals surface area contributed by atoms with Gasteiger partial charge in [-0.2, -0.15) is 0 Å². The van der Waals surface area contributed by atoms with Gasteiger partial charge in [0.05, 0.1) is 16.8 Å². The Morgan fingerprint density at radius 3 is 2.21 bits per heavy atom. The fraction of sp³-hybridized carbons (Fsp3) is 0.391. The molecule has 1 aromatic heterocycles. The molecule has 2 aromatic carbocycles. The molecule has 6 heteroatoms. The Labute approximate surface area is 181 Å². The summed E-state index contributed by atoms with van der Waals surface area (Å²) in [6.07, 6.45) is 0. The van der Waals surface area contributed by atoms with Crippen molar-refractivity contribution in [3.05, 3.63) is 52.0 Å². The molecular formula is C23H27ClN2O2S. The van der Waals surface area contributed by atoms with Crippen LogP contribution in [0.15, 0.2) is 35.5 Å². The van der Waals surface area contributed by atoms with Gasteiger partial charge in [0.15, 0.2) is 10.9 Å². The molecule has 0 saturated carbocycles. The number of imidazole rings is 1. The fourth-order valence-electron chi connectivity index (χ4n) is 3.18. The number of hydrogen-bond acceptors (Lipinski definition) is 4. The number of carbonyl (C=O) groups is 1. The number of aromatic hydroxyl groups is 1. The maximum atomic E-state index is 13.0. The third-order valence-corrected chi connectivity index (χ3v) is 5.92. The number of aromatic nitrogens is 2. The van der Waals surface area contributed by atoms with E-state index in [1.807, 2.05) is 65.8 Å². The normalized spacial score (nSPS) is 12.5. The first-order chi connectivity index (χ1) is 13.4. The van der Waals surface area contributed by atoms with Crippen LogP contribution in [0.3, 0.4) is 0 Å². The van der Waals surface area contributed by atoms with Crippen molar-refractivity contribution < 1.29 is 9.90 Å². The van der Waals surface area contributed by atoms with E-state index in [0.29, 0.717) is 15.7 Å². The van der Waals surface area contributed by atoms with Crippen LogP contribution < -0.4 is 0 Å². The molecule has 1 heterocycles. The lowest BCUT2D eigenvalue weighted by molar-refractivity contribution is 0.102. The lowest BCUT2D eigenvalue weighted by atomic mass is 9.78. The van der Waals surface area contributed by atoms with Crippen molar-refractivity contribution in [2.75, 3.05) is 5.75 Å². The summed E-state index contributed by atoms with van der Waals surface area (Å²) in [6, 6.07) is 9.12. The Bertz CT molecular complexity index is 1040. The number of fused-ring (bicyclic) bond motifs is 1. The number of benzene rings is 2. The Morgan fingerprint density at radius 1 is 1.07 bits per heavy atom. The largest absolute Gasteiger partial charge is 0.507 e. The Kier molecular flexibility index (Phi) is 5.76. The van der Waals surface area contributed by atoms with E-state index in [1.54, 1.807) is 6.07 Å². The Morgan fingerprint density at radius 2 is 1.66 bits per heavy atom. The first-order valence-corrected chi connectivity index (χ1v) is 10.9. The number of aromatic amines is 1. The average molecular weight is 431 g/mol. The molecule has 0 radical (unpaired) electrons. The summed E-state index contributed by atoms with van der Waals surface area (Å²) < 4.78 is 0. The Hall–Kier alpha value is -1.98. The van der Waals surface area contributed by atoms with Crippen LogP contribution in [0, 0.1) is 0 Å². The lowest BCUT2D eigenvalue weighted by Crippen LogP contribution is -2.19. The molecule has 0 unspecified atom stereocenters. The molecule has 0 aliphatic carbocycles. The smallest absolute Gasteiger partial charge is 0.173 e. The summed E-state index contributed by atoms with van der Waals surface area (Å²) in [5.74, 6) is 0.541. The third kappa shape index (κ3) is 4.78. The van der Waals surface area contributed by atoms with E-state index in [1.165, 1.54) is 11.8 Å². The minimum atomic E-state index is -0.272.